The van der Waals surface area contributed by atoms with Gasteiger partial charge in [0, 0.05) is 32.0 Å². The first-order valence-electron chi connectivity index (χ1n) is 8.48. The number of aromatic carboxylic acids is 1. The summed E-state index contributed by atoms with van der Waals surface area (Å²) in [7, 11) is 1.53. The number of hydrogen-bond acceptors (Lipinski definition) is 5. The number of likely N-dealkylation sites (tertiary alicyclic amines) is 1. The Morgan fingerprint density at radius 3 is 2.62 bits per heavy atom. The molecule has 0 bridgehead atoms. The van der Waals surface area contributed by atoms with Crippen LogP contribution in [0.25, 0.3) is 11.3 Å². The Bertz CT molecular complexity index is 774. The van der Waals surface area contributed by atoms with Gasteiger partial charge in [0.05, 0.1) is 23.1 Å². The Labute approximate surface area is 151 Å². The molecular weight excluding hydrogens is 334 g/mol. The van der Waals surface area contributed by atoms with Crippen LogP contribution in [0.15, 0.2) is 36.7 Å². The molecular formula is C19H21N3O4. The van der Waals surface area contributed by atoms with Crippen molar-refractivity contribution in [3.63, 3.8) is 0 Å². The molecule has 26 heavy (non-hydrogen) atoms. The summed E-state index contributed by atoms with van der Waals surface area (Å²) in [6.07, 6.45) is 5.19. The fraction of sp³-hybridized carbons (Fsp3) is 0.368. The number of carbonyl (C=O) groups is 2. The molecule has 2 heterocycles. The lowest BCUT2D eigenvalue weighted by atomic mass is 10.0. The van der Waals surface area contributed by atoms with Crippen LogP contribution in [-0.2, 0) is 16.0 Å². The predicted octanol–water partition coefficient (Wildman–Crippen LogP) is 1.88. The quantitative estimate of drug-likeness (QED) is 0.850. The first-order chi connectivity index (χ1) is 12.6. The van der Waals surface area contributed by atoms with E-state index in [0.717, 1.165) is 37.2 Å². The van der Waals surface area contributed by atoms with E-state index < -0.39 is 5.97 Å². The molecule has 0 radical (unpaired) electrons. The van der Waals surface area contributed by atoms with E-state index in [1.165, 1.54) is 7.11 Å². The van der Waals surface area contributed by atoms with Crippen LogP contribution in [-0.4, -0.2) is 58.7 Å². The fourth-order valence-corrected chi connectivity index (χ4v) is 3.13. The SMILES string of the molecule is COCC(=O)N1CC[C@@H](Cc2cnc(-c3ccc(C(=O)O)cc3)cn2)C1. The van der Waals surface area contributed by atoms with Crippen LogP contribution in [0.5, 0.6) is 0 Å². The highest BCUT2D eigenvalue weighted by Gasteiger charge is 2.26. The smallest absolute Gasteiger partial charge is 0.335 e. The highest BCUT2D eigenvalue weighted by molar-refractivity contribution is 5.88. The van der Waals surface area contributed by atoms with Crippen LogP contribution in [0.3, 0.4) is 0 Å². The maximum absolute atomic E-state index is 11.8. The maximum atomic E-state index is 11.8. The molecule has 1 saturated heterocycles. The summed E-state index contributed by atoms with van der Waals surface area (Å²) in [5.74, 6) is -0.542. The second-order valence-corrected chi connectivity index (χ2v) is 6.41. The number of ether oxygens (including phenoxy) is 1. The Hall–Kier alpha value is -2.80. The summed E-state index contributed by atoms with van der Waals surface area (Å²) in [6.45, 7) is 1.61. The van der Waals surface area contributed by atoms with E-state index in [4.69, 9.17) is 9.84 Å². The van der Waals surface area contributed by atoms with E-state index in [1.807, 2.05) is 4.90 Å². The van der Waals surface area contributed by atoms with Crippen molar-refractivity contribution in [2.24, 2.45) is 5.92 Å². The number of hydrogen-bond donors (Lipinski definition) is 1. The van der Waals surface area contributed by atoms with Gasteiger partial charge in [-0.25, -0.2) is 4.79 Å². The van der Waals surface area contributed by atoms with Crippen molar-refractivity contribution in [3.05, 3.63) is 47.9 Å². The number of amides is 1. The zero-order valence-electron chi connectivity index (χ0n) is 14.6. The number of rotatable bonds is 6. The summed E-state index contributed by atoms with van der Waals surface area (Å²) < 4.78 is 4.90. The molecule has 0 spiro atoms. The number of carbonyl (C=O) groups excluding carboxylic acids is 1. The van der Waals surface area contributed by atoms with Crippen LogP contribution >= 0.6 is 0 Å². The Morgan fingerprint density at radius 2 is 2.00 bits per heavy atom. The second-order valence-electron chi connectivity index (χ2n) is 6.41. The van der Waals surface area contributed by atoms with Gasteiger partial charge in [0.2, 0.25) is 5.91 Å². The Morgan fingerprint density at radius 1 is 1.23 bits per heavy atom. The average Bonchev–Trinajstić information content (AvgIpc) is 3.11. The molecule has 2 aromatic rings. The van der Waals surface area contributed by atoms with Crippen molar-refractivity contribution in [1.29, 1.82) is 0 Å². The van der Waals surface area contributed by atoms with Crippen LogP contribution in [0.1, 0.15) is 22.5 Å². The minimum atomic E-state index is -0.951. The van der Waals surface area contributed by atoms with Gasteiger partial charge in [0.15, 0.2) is 0 Å². The van der Waals surface area contributed by atoms with Gasteiger partial charge in [-0.2, -0.15) is 0 Å². The van der Waals surface area contributed by atoms with E-state index in [-0.39, 0.29) is 18.1 Å². The van der Waals surface area contributed by atoms with Gasteiger partial charge < -0.3 is 14.7 Å². The van der Waals surface area contributed by atoms with Crippen molar-refractivity contribution in [2.45, 2.75) is 12.8 Å². The van der Waals surface area contributed by atoms with Crippen molar-refractivity contribution >= 4 is 11.9 Å². The van der Waals surface area contributed by atoms with Crippen molar-refractivity contribution in [3.8, 4) is 11.3 Å². The summed E-state index contributed by atoms with van der Waals surface area (Å²) in [4.78, 5) is 33.5. The molecule has 0 saturated carbocycles. The molecule has 0 unspecified atom stereocenters. The third-order valence-corrected chi connectivity index (χ3v) is 4.54. The summed E-state index contributed by atoms with van der Waals surface area (Å²) in [5.41, 5.74) is 2.66. The highest BCUT2D eigenvalue weighted by Crippen LogP contribution is 2.21. The van der Waals surface area contributed by atoms with E-state index in [1.54, 1.807) is 36.7 Å². The average molecular weight is 355 g/mol. The van der Waals surface area contributed by atoms with Crippen LogP contribution in [0, 0.1) is 5.92 Å². The van der Waals surface area contributed by atoms with E-state index in [2.05, 4.69) is 9.97 Å². The molecule has 7 heteroatoms. The van der Waals surface area contributed by atoms with Crippen LogP contribution in [0.2, 0.25) is 0 Å². The van der Waals surface area contributed by atoms with Gasteiger partial charge in [-0.3, -0.25) is 14.8 Å². The third-order valence-electron chi connectivity index (χ3n) is 4.54. The second kappa shape index (κ2) is 8.05. The molecule has 136 valence electrons. The van der Waals surface area contributed by atoms with Gasteiger partial charge in [0.25, 0.3) is 0 Å². The first-order valence-corrected chi connectivity index (χ1v) is 8.48. The molecule has 1 N–H and O–H groups in total. The molecule has 1 aliphatic heterocycles. The summed E-state index contributed by atoms with van der Waals surface area (Å²) in [6, 6.07) is 6.56. The van der Waals surface area contributed by atoms with Gasteiger partial charge in [-0.05, 0) is 30.9 Å². The molecule has 1 aromatic heterocycles. The van der Waals surface area contributed by atoms with Gasteiger partial charge in [0.1, 0.15) is 6.61 Å². The normalized spacial score (nSPS) is 16.7. The monoisotopic (exact) mass is 355 g/mol. The molecule has 7 nitrogen and oxygen atoms in total. The van der Waals surface area contributed by atoms with Gasteiger partial charge in [-0.1, -0.05) is 12.1 Å². The molecule has 1 fully saturated rings. The largest absolute Gasteiger partial charge is 0.478 e. The number of benzene rings is 1. The van der Waals surface area contributed by atoms with E-state index >= 15 is 0 Å². The molecule has 0 aliphatic carbocycles. The summed E-state index contributed by atoms with van der Waals surface area (Å²) >= 11 is 0. The zero-order valence-corrected chi connectivity index (χ0v) is 14.6. The number of methoxy groups -OCH3 is 1. The Balaban J connectivity index is 1.60. The number of carboxylic acids is 1. The lowest BCUT2D eigenvalue weighted by Gasteiger charge is -2.15. The first kappa shape index (κ1) is 18.0. The lowest BCUT2D eigenvalue weighted by molar-refractivity contribution is -0.134. The fourth-order valence-electron chi connectivity index (χ4n) is 3.13. The van der Waals surface area contributed by atoms with Crippen molar-refractivity contribution in [2.75, 3.05) is 26.8 Å². The van der Waals surface area contributed by atoms with Gasteiger partial charge in [-0.15, -0.1) is 0 Å². The molecule has 1 aromatic carbocycles. The molecule has 3 rings (SSSR count). The molecule has 1 atom stereocenters. The molecule has 1 aliphatic rings. The maximum Gasteiger partial charge on any atom is 0.335 e. The van der Waals surface area contributed by atoms with Crippen LogP contribution in [0.4, 0.5) is 0 Å². The molecule has 1 amide bonds. The van der Waals surface area contributed by atoms with Gasteiger partial charge >= 0.3 is 5.97 Å². The standard InChI is InChI=1S/C19H21N3O4/c1-26-12-18(23)22-7-6-13(11-22)8-16-9-21-17(10-20-16)14-2-4-15(5-3-14)19(24)25/h2-5,9-10,13H,6-8,11-12H2,1H3,(H,24,25)/t13-/m0/s1. The summed E-state index contributed by atoms with van der Waals surface area (Å²) in [5, 5.41) is 8.94. The number of aromatic nitrogens is 2. The van der Waals surface area contributed by atoms with E-state index in [0.29, 0.717) is 11.6 Å². The zero-order chi connectivity index (χ0) is 18.5. The highest BCUT2D eigenvalue weighted by atomic mass is 16.5. The number of carboxylic acid groups (broad SMARTS) is 1. The van der Waals surface area contributed by atoms with E-state index in [9.17, 15) is 9.59 Å². The van der Waals surface area contributed by atoms with Crippen LogP contribution < -0.4 is 0 Å². The predicted molar refractivity (Wildman–Crippen MR) is 94.7 cm³/mol. The van der Waals surface area contributed by atoms with Crippen molar-refractivity contribution in [1.82, 2.24) is 14.9 Å². The topological polar surface area (TPSA) is 92.6 Å². The third kappa shape index (κ3) is 4.23. The minimum Gasteiger partial charge on any atom is -0.478 e. The number of nitrogens with zero attached hydrogens (tertiary/aromatic N) is 3. The lowest BCUT2D eigenvalue weighted by Crippen LogP contribution is -2.31. The Kier molecular flexibility index (Phi) is 5.58. The van der Waals surface area contributed by atoms with Crippen molar-refractivity contribution < 1.29 is 19.4 Å². The minimum absolute atomic E-state index is 0.0289.